The number of nitrogens with one attached hydrogen (secondary N) is 2. The van der Waals surface area contributed by atoms with E-state index in [9.17, 15) is 4.39 Å². The summed E-state index contributed by atoms with van der Waals surface area (Å²) in [7, 11) is 0. The third-order valence-corrected chi connectivity index (χ3v) is 3.35. The Morgan fingerprint density at radius 1 is 1.29 bits per heavy atom. The van der Waals surface area contributed by atoms with E-state index in [4.69, 9.17) is 0 Å². The molecule has 0 amide bonds. The fraction of sp³-hybridized carbons (Fsp3) is 0.412. The molecule has 0 bridgehead atoms. The normalized spacial score (nSPS) is 12.4. The number of guanidine groups is 1. The van der Waals surface area contributed by atoms with Crippen LogP contribution in [0.2, 0.25) is 0 Å². The average Bonchev–Trinajstić information content (AvgIpc) is 3.04. The molecule has 0 radical (unpaired) electrons. The predicted octanol–water partition coefficient (Wildman–Crippen LogP) is 3.03. The molecule has 2 rings (SSSR count). The lowest BCUT2D eigenvalue weighted by atomic mass is 10.2. The second-order valence-corrected chi connectivity index (χ2v) is 5.54. The van der Waals surface area contributed by atoms with E-state index >= 15 is 0 Å². The van der Waals surface area contributed by atoms with E-state index in [0.29, 0.717) is 12.5 Å². The van der Waals surface area contributed by atoms with Gasteiger partial charge >= 0.3 is 0 Å². The lowest BCUT2D eigenvalue weighted by molar-refractivity contribution is 0.443. The Morgan fingerprint density at radius 2 is 2.04 bits per heavy atom. The molecule has 5 nitrogen and oxygen atoms in total. The molecule has 0 fully saturated rings. The van der Waals surface area contributed by atoms with Crippen LogP contribution < -0.4 is 10.6 Å². The average molecular weight is 445 g/mol. The second kappa shape index (κ2) is 11.0. The van der Waals surface area contributed by atoms with E-state index in [1.54, 1.807) is 18.3 Å². The van der Waals surface area contributed by atoms with Crippen molar-refractivity contribution >= 4 is 29.9 Å². The van der Waals surface area contributed by atoms with Gasteiger partial charge in [0.2, 0.25) is 0 Å². The van der Waals surface area contributed by atoms with Crippen LogP contribution in [0.4, 0.5) is 4.39 Å². The van der Waals surface area contributed by atoms with Crippen molar-refractivity contribution in [3.05, 3.63) is 54.1 Å². The molecule has 2 N–H and O–H groups in total. The molecular formula is C17H25FIN5. The maximum absolute atomic E-state index is 12.9. The highest BCUT2D eigenvalue weighted by Crippen LogP contribution is 2.04. The van der Waals surface area contributed by atoms with Gasteiger partial charge in [0.05, 0.1) is 6.54 Å². The third kappa shape index (κ3) is 7.29. The van der Waals surface area contributed by atoms with Crippen molar-refractivity contribution in [1.29, 1.82) is 0 Å². The van der Waals surface area contributed by atoms with Crippen molar-refractivity contribution < 1.29 is 4.39 Å². The van der Waals surface area contributed by atoms with Crippen molar-refractivity contribution in [1.82, 2.24) is 20.4 Å². The molecule has 1 atom stereocenters. The molecule has 0 aliphatic rings. The Hall–Kier alpha value is -1.64. The van der Waals surface area contributed by atoms with Crippen molar-refractivity contribution in [2.45, 2.75) is 26.9 Å². The van der Waals surface area contributed by atoms with Crippen LogP contribution >= 0.6 is 24.0 Å². The van der Waals surface area contributed by atoms with Gasteiger partial charge in [-0.05, 0) is 36.6 Å². The van der Waals surface area contributed by atoms with Gasteiger partial charge in [-0.1, -0.05) is 19.1 Å². The van der Waals surface area contributed by atoms with Gasteiger partial charge in [0.15, 0.2) is 5.96 Å². The second-order valence-electron chi connectivity index (χ2n) is 5.54. The number of rotatable bonds is 7. The summed E-state index contributed by atoms with van der Waals surface area (Å²) in [5, 5.41) is 10.8. The molecule has 2 aromatic rings. The molecule has 1 aromatic heterocycles. The largest absolute Gasteiger partial charge is 0.357 e. The van der Waals surface area contributed by atoms with E-state index in [2.05, 4.69) is 27.6 Å². The number of benzene rings is 1. The zero-order valence-corrected chi connectivity index (χ0v) is 16.4. The Kier molecular flexibility index (Phi) is 9.36. The first-order chi connectivity index (χ1) is 11.2. The summed E-state index contributed by atoms with van der Waals surface area (Å²) in [4.78, 5) is 4.53. The number of hydrogen-bond donors (Lipinski definition) is 2. The highest BCUT2D eigenvalue weighted by atomic mass is 127. The van der Waals surface area contributed by atoms with E-state index in [0.717, 1.165) is 31.2 Å². The standard InChI is InChI=1S/C17H24FN5.HI/c1-3-19-17(21-12-15-5-7-16(18)8-6-15)20-11-14(2)13-23-10-4-9-22-23;/h4-10,14H,3,11-13H2,1-2H3,(H2,19,20,21);1H. The van der Waals surface area contributed by atoms with Gasteiger partial charge in [-0.25, -0.2) is 9.38 Å². The van der Waals surface area contributed by atoms with E-state index in [-0.39, 0.29) is 29.8 Å². The van der Waals surface area contributed by atoms with Crippen LogP contribution in [0.15, 0.2) is 47.7 Å². The zero-order valence-electron chi connectivity index (χ0n) is 14.1. The molecule has 0 aliphatic heterocycles. The number of halogens is 2. The highest BCUT2D eigenvalue weighted by Gasteiger charge is 2.05. The van der Waals surface area contributed by atoms with Crippen molar-refractivity contribution in [2.75, 3.05) is 13.1 Å². The molecule has 7 heteroatoms. The van der Waals surface area contributed by atoms with E-state index < -0.39 is 0 Å². The summed E-state index contributed by atoms with van der Waals surface area (Å²) in [5.41, 5.74) is 0.980. The highest BCUT2D eigenvalue weighted by molar-refractivity contribution is 14.0. The summed E-state index contributed by atoms with van der Waals surface area (Å²) >= 11 is 0. The molecule has 0 saturated carbocycles. The van der Waals surface area contributed by atoms with Gasteiger partial charge in [0, 0.05) is 32.0 Å². The van der Waals surface area contributed by atoms with Crippen LogP contribution in [0, 0.1) is 11.7 Å². The van der Waals surface area contributed by atoms with Gasteiger partial charge in [0.1, 0.15) is 5.82 Å². The quantitative estimate of drug-likeness (QED) is 0.392. The van der Waals surface area contributed by atoms with Crippen LogP contribution in [0.25, 0.3) is 0 Å². The molecule has 1 unspecified atom stereocenters. The van der Waals surface area contributed by atoms with Crippen LogP contribution in [0.5, 0.6) is 0 Å². The van der Waals surface area contributed by atoms with Gasteiger partial charge in [-0.15, -0.1) is 24.0 Å². The van der Waals surface area contributed by atoms with Crippen molar-refractivity contribution in [2.24, 2.45) is 10.9 Å². The molecule has 0 aliphatic carbocycles. The lowest BCUT2D eigenvalue weighted by Gasteiger charge is -2.16. The van der Waals surface area contributed by atoms with Crippen LogP contribution in [0.1, 0.15) is 19.4 Å². The predicted molar refractivity (Wildman–Crippen MR) is 106 cm³/mol. The fourth-order valence-electron chi connectivity index (χ4n) is 2.17. The number of nitrogens with zero attached hydrogens (tertiary/aromatic N) is 3. The van der Waals surface area contributed by atoms with Crippen LogP contribution in [-0.4, -0.2) is 28.8 Å². The smallest absolute Gasteiger partial charge is 0.191 e. The minimum Gasteiger partial charge on any atom is -0.357 e. The van der Waals surface area contributed by atoms with Crippen LogP contribution in [-0.2, 0) is 13.1 Å². The van der Waals surface area contributed by atoms with Gasteiger partial charge in [0.25, 0.3) is 0 Å². The maximum Gasteiger partial charge on any atom is 0.191 e. The molecule has 132 valence electrons. The molecular weight excluding hydrogens is 420 g/mol. The Labute approximate surface area is 159 Å². The molecule has 1 aromatic carbocycles. The third-order valence-electron chi connectivity index (χ3n) is 3.35. The minimum atomic E-state index is -0.227. The topological polar surface area (TPSA) is 54.2 Å². The summed E-state index contributed by atoms with van der Waals surface area (Å²) < 4.78 is 14.8. The summed E-state index contributed by atoms with van der Waals surface area (Å²) in [6, 6.07) is 8.34. The fourth-order valence-corrected chi connectivity index (χ4v) is 2.17. The lowest BCUT2D eigenvalue weighted by Crippen LogP contribution is -2.40. The van der Waals surface area contributed by atoms with E-state index in [1.165, 1.54) is 12.1 Å². The molecule has 1 heterocycles. The first-order valence-corrected chi connectivity index (χ1v) is 7.91. The van der Waals surface area contributed by atoms with E-state index in [1.807, 2.05) is 23.9 Å². The molecule has 0 spiro atoms. The summed E-state index contributed by atoms with van der Waals surface area (Å²) in [6.45, 7) is 7.17. The van der Waals surface area contributed by atoms with Crippen molar-refractivity contribution in [3.8, 4) is 0 Å². The summed E-state index contributed by atoms with van der Waals surface area (Å²) in [5.74, 6) is 0.962. The van der Waals surface area contributed by atoms with Crippen LogP contribution in [0.3, 0.4) is 0 Å². The summed E-state index contributed by atoms with van der Waals surface area (Å²) in [6.07, 6.45) is 3.75. The monoisotopic (exact) mass is 445 g/mol. The number of aromatic nitrogens is 2. The Bertz CT molecular complexity index is 598. The Balaban J connectivity index is 0.00000288. The first kappa shape index (κ1) is 20.4. The van der Waals surface area contributed by atoms with Gasteiger partial charge in [-0.3, -0.25) is 4.68 Å². The maximum atomic E-state index is 12.9. The minimum absolute atomic E-state index is 0. The Morgan fingerprint density at radius 3 is 2.67 bits per heavy atom. The SMILES string of the molecule is CCNC(=NCc1ccc(F)cc1)NCC(C)Cn1cccn1.I. The first-order valence-electron chi connectivity index (χ1n) is 7.91. The number of hydrogen-bond acceptors (Lipinski definition) is 2. The van der Waals surface area contributed by atoms with Gasteiger partial charge < -0.3 is 10.6 Å². The number of aliphatic imine (C=N–C) groups is 1. The molecule has 0 saturated heterocycles. The van der Waals surface area contributed by atoms with Crippen molar-refractivity contribution in [3.63, 3.8) is 0 Å². The molecule has 24 heavy (non-hydrogen) atoms. The van der Waals surface area contributed by atoms with Gasteiger partial charge in [-0.2, -0.15) is 5.10 Å². The zero-order chi connectivity index (χ0) is 16.5.